The Morgan fingerprint density at radius 2 is 1.93 bits per heavy atom. The largest absolute Gasteiger partial charge is 0.452 e. The van der Waals surface area contributed by atoms with Crippen LogP contribution in [0.15, 0.2) is 46.9 Å². The highest BCUT2D eigenvalue weighted by Gasteiger charge is 2.18. The van der Waals surface area contributed by atoms with Gasteiger partial charge in [0.15, 0.2) is 6.61 Å². The van der Waals surface area contributed by atoms with E-state index in [1.807, 2.05) is 30.3 Å². The molecule has 2 N–H and O–H groups in total. The molecule has 6 heteroatoms. The van der Waals surface area contributed by atoms with Crippen LogP contribution in [0.25, 0.3) is 10.9 Å². The molecular formula is C21H19BrN2O3. The van der Waals surface area contributed by atoms with Gasteiger partial charge in [0.25, 0.3) is 5.91 Å². The molecule has 1 amide bonds. The second-order valence-electron chi connectivity index (χ2n) is 6.65. The zero-order valence-corrected chi connectivity index (χ0v) is 16.3. The van der Waals surface area contributed by atoms with Crippen LogP contribution in [0, 0.1) is 0 Å². The number of amides is 1. The number of aryl methyl sites for hydroxylation is 2. The number of benzene rings is 2. The molecule has 0 saturated heterocycles. The summed E-state index contributed by atoms with van der Waals surface area (Å²) in [7, 11) is 0. The van der Waals surface area contributed by atoms with Crippen molar-refractivity contribution in [2.45, 2.75) is 25.7 Å². The quantitative estimate of drug-likeness (QED) is 0.598. The molecule has 1 aliphatic carbocycles. The van der Waals surface area contributed by atoms with Crippen LogP contribution in [-0.2, 0) is 22.4 Å². The molecule has 0 aliphatic heterocycles. The fourth-order valence-corrected chi connectivity index (χ4v) is 3.88. The molecule has 0 unspecified atom stereocenters. The van der Waals surface area contributed by atoms with Crippen molar-refractivity contribution in [2.24, 2.45) is 0 Å². The van der Waals surface area contributed by atoms with Crippen molar-refractivity contribution < 1.29 is 14.3 Å². The number of hydrogen-bond acceptors (Lipinski definition) is 3. The van der Waals surface area contributed by atoms with Gasteiger partial charge in [0.05, 0.1) is 11.3 Å². The number of aromatic amines is 1. The van der Waals surface area contributed by atoms with Gasteiger partial charge in [-0.25, -0.2) is 4.79 Å². The van der Waals surface area contributed by atoms with Crippen LogP contribution < -0.4 is 5.32 Å². The number of H-pyrrole nitrogens is 1. The Morgan fingerprint density at radius 3 is 2.78 bits per heavy atom. The number of carbonyl (C=O) groups is 2. The average molecular weight is 427 g/mol. The minimum absolute atomic E-state index is 0.330. The van der Waals surface area contributed by atoms with Crippen molar-refractivity contribution in [3.05, 3.63) is 63.8 Å². The van der Waals surface area contributed by atoms with Gasteiger partial charge in [-0.2, -0.15) is 0 Å². The van der Waals surface area contributed by atoms with Gasteiger partial charge in [-0.05, 0) is 77.5 Å². The highest BCUT2D eigenvalue weighted by Crippen LogP contribution is 2.29. The van der Waals surface area contributed by atoms with E-state index in [2.05, 4.69) is 26.2 Å². The summed E-state index contributed by atoms with van der Waals surface area (Å²) in [6.45, 7) is -0.330. The van der Waals surface area contributed by atoms with E-state index in [9.17, 15) is 9.59 Å². The maximum atomic E-state index is 12.4. The summed E-state index contributed by atoms with van der Waals surface area (Å²) in [6, 6.07) is 12.8. The van der Waals surface area contributed by atoms with Crippen LogP contribution in [-0.4, -0.2) is 23.5 Å². The smallest absolute Gasteiger partial charge is 0.338 e. The van der Waals surface area contributed by atoms with Gasteiger partial charge in [-0.1, -0.05) is 12.1 Å². The summed E-state index contributed by atoms with van der Waals surface area (Å²) < 4.78 is 5.97. The second-order valence-corrected chi connectivity index (χ2v) is 7.51. The van der Waals surface area contributed by atoms with E-state index in [0.29, 0.717) is 11.3 Å². The number of para-hydroxylation sites is 1. The zero-order valence-electron chi connectivity index (χ0n) is 14.7. The van der Waals surface area contributed by atoms with Crippen molar-refractivity contribution in [1.82, 2.24) is 4.98 Å². The fourth-order valence-electron chi connectivity index (χ4n) is 3.50. The van der Waals surface area contributed by atoms with Gasteiger partial charge in [0.2, 0.25) is 0 Å². The summed E-state index contributed by atoms with van der Waals surface area (Å²) in [4.78, 5) is 27.9. The van der Waals surface area contributed by atoms with E-state index in [0.717, 1.165) is 28.2 Å². The van der Waals surface area contributed by atoms with Crippen LogP contribution in [0.3, 0.4) is 0 Å². The number of ether oxygens (including phenoxy) is 1. The molecule has 1 aliphatic rings. The molecule has 0 atom stereocenters. The molecule has 1 aromatic heterocycles. The summed E-state index contributed by atoms with van der Waals surface area (Å²) >= 11 is 3.37. The van der Waals surface area contributed by atoms with Crippen LogP contribution in [0.1, 0.15) is 34.5 Å². The molecule has 3 aromatic rings. The van der Waals surface area contributed by atoms with Crippen LogP contribution in [0.2, 0.25) is 0 Å². The number of anilines is 1. The summed E-state index contributed by atoms with van der Waals surface area (Å²) in [5, 5.41) is 3.80. The lowest BCUT2D eigenvalue weighted by Crippen LogP contribution is -2.21. The first kappa shape index (κ1) is 17.8. The first-order valence-corrected chi connectivity index (χ1v) is 9.76. The number of rotatable bonds is 4. The summed E-state index contributed by atoms with van der Waals surface area (Å²) in [6.07, 6.45) is 4.45. The van der Waals surface area contributed by atoms with E-state index in [-0.39, 0.29) is 12.5 Å². The van der Waals surface area contributed by atoms with Gasteiger partial charge >= 0.3 is 5.97 Å². The highest BCUT2D eigenvalue weighted by atomic mass is 79.9. The molecule has 1 heterocycles. The molecule has 0 radical (unpaired) electrons. The van der Waals surface area contributed by atoms with Gasteiger partial charge < -0.3 is 15.0 Å². The number of carbonyl (C=O) groups excluding carboxylic acids is 2. The number of halogens is 1. The highest BCUT2D eigenvalue weighted by molar-refractivity contribution is 9.10. The Labute approximate surface area is 165 Å². The lowest BCUT2D eigenvalue weighted by atomic mass is 9.95. The third-order valence-corrected chi connectivity index (χ3v) is 5.51. The Bertz CT molecular complexity index is 1030. The predicted octanol–water partition coefficient (Wildman–Crippen LogP) is 4.60. The van der Waals surface area contributed by atoms with Crippen molar-refractivity contribution in [3.63, 3.8) is 0 Å². The average Bonchev–Trinajstić information content (AvgIpc) is 3.06. The van der Waals surface area contributed by atoms with E-state index >= 15 is 0 Å². The van der Waals surface area contributed by atoms with E-state index in [1.165, 1.54) is 24.1 Å². The molecule has 0 saturated carbocycles. The van der Waals surface area contributed by atoms with Crippen molar-refractivity contribution >= 4 is 44.4 Å². The second kappa shape index (κ2) is 7.56. The van der Waals surface area contributed by atoms with Crippen LogP contribution in [0.5, 0.6) is 0 Å². The first-order chi connectivity index (χ1) is 13.1. The number of hydrogen-bond donors (Lipinski definition) is 2. The monoisotopic (exact) mass is 426 g/mol. The fraction of sp³-hybridized carbons (Fsp3) is 0.238. The third kappa shape index (κ3) is 3.76. The van der Waals surface area contributed by atoms with E-state index < -0.39 is 5.97 Å². The normalized spacial score (nSPS) is 13.2. The molecular weight excluding hydrogens is 408 g/mol. The van der Waals surface area contributed by atoms with Crippen LogP contribution in [0.4, 0.5) is 5.69 Å². The molecule has 27 heavy (non-hydrogen) atoms. The summed E-state index contributed by atoms with van der Waals surface area (Å²) in [5.74, 6) is -0.875. The van der Waals surface area contributed by atoms with Gasteiger partial charge in [0, 0.05) is 21.1 Å². The maximum absolute atomic E-state index is 12.4. The zero-order chi connectivity index (χ0) is 18.8. The molecule has 138 valence electrons. The SMILES string of the molecule is O=C(COC(=O)c1ccc2[nH]c3c(c2c1)CCCC3)Nc1ccccc1Br. The van der Waals surface area contributed by atoms with Gasteiger partial charge in [-0.15, -0.1) is 0 Å². The Kier molecular flexibility index (Phi) is 4.99. The molecule has 4 rings (SSSR count). The number of aromatic nitrogens is 1. The standard InChI is InChI=1S/C21H19BrN2O3/c22-16-6-2-4-8-19(16)24-20(25)12-27-21(26)13-9-10-18-15(11-13)14-5-1-3-7-17(14)23-18/h2,4,6,8-11,23H,1,3,5,7,12H2,(H,24,25). The number of nitrogens with one attached hydrogen (secondary N) is 2. The van der Waals surface area contributed by atoms with Gasteiger partial charge in [-0.3, -0.25) is 4.79 Å². The first-order valence-electron chi connectivity index (χ1n) is 8.97. The lowest BCUT2D eigenvalue weighted by Gasteiger charge is -2.10. The lowest BCUT2D eigenvalue weighted by molar-refractivity contribution is -0.119. The number of esters is 1. The van der Waals surface area contributed by atoms with E-state index in [1.54, 1.807) is 12.1 Å². The Balaban J connectivity index is 1.43. The number of fused-ring (bicyclic) bond motifs is 3. The van der Waals surface area contributed by atoms with Crippen LogP contribution >= 0.6 is 15.9 Å². The summed E-state index contributed by atoms with van der Waals surface area (Å²) in [5.41, 5.74) is 4.72. The minimum Gasteiger partial charge on any atom is -0.452 e. The maximum Gasteiger partial charge on any atom is 0.338 e. The van der Waals surface area contributed by atoms with Gasteiger partial charge in [0.1, 0.15) is 0 Å². The Morgan fingerprint density at radius 1 is 1.11 bits per heavy atom. The topological polar surface area (TPSA) is 71.2 Å². The van der Waals surface area contributed by atoms with Crippen molar-refractivity contribution in [3.8, 4) is 0 Å². The molecule has 5 nitrogen and oxygen atoms in total. The predicted molar refractivity (Wildman–Crippen MR) is 108 cm³/mol. The Hall–Kier alpha value is -2.60. The molecule has 2 aromatic carbocycles. The minimum atomic E-state index is -0.495. The third-order valence-electron chi connectivity index (χ3n) is 4.82. The van der Waals surface area contributed by atoms with Crippen molar-refractivity contribution in [2.75, 3.05) is 11.9 Å². The van der Waals surface area contributed by atoms with E-state index in [4.69, 9.17) is 4.74 Å². The molecule has 0 bridgehead atoms. The molecule has 0 fully saturated rings. The van der Waals surface area contributed by atoms with Crippen molar-refractivity contribution in [1.29, 1.82) is 0 Å². The molecule has 0 spiro atoms.